The number of rotatable bonds is 10. The SMILES string of the molecule is CCC(C(=O)NCC(C)C)N(Cc1cccc(OC)c1)C(=O)Cc1c(F)cccc1Cl. The van der Waals surface area contributed by atoms with E-state index in [9.17, 15) is 14.0 Å². The molecule has 2 rings (SSSR count). The van der Waals surface area contributed by atoms with Crippen molar-refractivity contribution in [2.24, 2.45) is 5.92 Å². The molecule has 5 nitrogen and oxygen atoms in total. The second kappa shape index (κ2) is 11.7. The van der Waals surface area contributed by atoms with Crippen molar-refractivity contribution in [1.82, 2.24) is 10.2 Å². The summed E-state index contributed by atoms with van der Waals surface area (Å²) < 4.78 is 19.6. The van der Waals surface area contributed by atoms with Crippen LogP contribution in [0, 0.1) is 11.7 Å². The standard InChI is InChI=1S/C24H30ClFN2O3/c1-5-22(24(30)27-14-16(2)3)28(15-17-8-6-9-18(12-17)31-4)23(29)13-19-20(25)10-7-11-21(19)26/h6-12,16,22H,5,13-15H2,1-4H3,(H,27,30). The van der Waals surface area contributed by atoms with Crippen molar-refractivity contribution in [2.75, 3.05) is 13.7 Å². The first-order valence-electron chi connectivity index (χ1n) is 10.4. The van der Waals surface area contributed by atoms with Crippen molar-refractivity contribution in [3.05, 3.63) is 64.4 Å². The van der Waals surface area contributed by atoms with Gasteiger partial charge in [-0.05, 0) is 42.2 Å². The van der Waals surface area contributed by atoms with Crippen LogP contribution in [0.5, 0.6) is 5.75 Å². The van der Waals surface area contributed by atoms with Gasteiger partial charge in [-0.3, -0.25) is 9.59 Å². The van der Waals surface area contributed by atoms with Crippen LogP contribution in [0.1, 0.15) is 38.3 Å². The zero-order valence-corrected chi connectivity index (χ0v) is 19.2. The lowest BCUT2D eigenvalue weighted by Crippen LogP contribution is -2.50. The molecule has 1 N–H and O–H groups in total. The molecule has 1 unspecified atom stereocenters. The second-order valence-corrected chi connectivity index (χ2v) is 8.22. The number of ether oxygens (including phenoxy) is 1. The van der Waals surface area contributed by atoms with Gasteiger partial charge in [-0.25, -0.2) is 4.39 Å². The number of benzene rings is 2. The summed E-state index contributed by atoms with van der Waals surface area (Å²) in [6, 6.07) is 10.9. The Labute approximate surface area is 188 Å². The predicted molar refractivity (Wildman–Crippen MR) is 121 cm³/mol. The summed E-state index contributed by atoms with van der Waals surface area (Å²) >= 11 is 6.13. The average molecular weight is 449 g/mol. The van der Waals surface area contributed by atoms with Crippen LogP contribution in [0.4, 0.5) is 4.39 Å². The summed E-state index contributed by atoms with van der Waals surface area (Å²) in [7, 11) is 1.57. The zero-order chi connectivity index (χ0) is 23.0. The van der Waals surface area contributed by atoms with E-state index in [1.165, 1.54) is 17.0 Å². The Hall–Kier alpha value is -2.60. The molecule has 0 fully saturated rings. The fourth-order valence-electron chi connectivity index (χ4n) is 3.26. The monoisotopic (exact) mass is 448 g/mol. The first kappa shape index (κ1) is 24.7. The van der Waals surface area contributed by atoms with Crippen molar-refractivity contribution in [3.63, 3.8) is 0 Å². The van der Waals surface area contributed by atoms with E-state index in [0.29, 0.717) is 18.7 Å². The van der Waals surface area contributed by atoms with E-state index in [4.69, 9.17) is 16.3 Å². The maximum absolute atomic E-state index is 14.3. The molecule has 0 spiro atoms. The molecule has 0 aliphatic carbocycles. The lowest BCUT2D eigenvalue weighted by atomic mass is 10.1. The van der Waals surface area contributed by atoms with Gasteiger partial charge < -0.3 is 15.0 Å². The first-order chi connectivity index (χ1) is 14.8. The van der Waals surface area contributed by atoms with E-state index in [2.05, 4.69) is 5.32 Å². The lowest BCUT2D eigenvalue weighted by Gasteiger charge is -2.31. The largest absolute Gasteiger partial charge is 0.497 e. The van der Waals surface area contributed by atoms with Crippen LogP contribution < -0.4 is 10.1 Å². The highest BCUT2D eigenvalue weighted by Gasteiger charge is 2.29. The van der Waals surface area contributed by atoms with Gasteiger partial charge in [0, 0.05) is 23.7 Å². The van der Waals surface area contributed by atoms with Crippen LogP contribution in [0.15, 0.2) is 42.5 Å². The Morgan fingerprint density at radius 1 is 1.19 bits per heavy atom. The van der Waals surface area contributed by atoms with Crippen molar-refractivity contribution >= 4 is 23.4 Å². The molecule has 0 heterocycles. The van der Waals surface area contributed by atoms with Gasteiger partial charge in [-0.15, -0.1) is 0 Å². The maximum Gasteiger partial charge on any atom is 0.242 e. The Morgan fingerprint density at radius 3 is 2.52 bits per heavy atom. The van der Waals surface area contributed by atoms with Crippen LogP contribution in [0.25, 0.3) is 0 Å². The van der Waals surface area contributed by atoms with E-state index in [0.717, 1.165) is 5.56 Å². The van der Waals surface area contributed by atoms with Gasteiger partial charge in [0.05, 0.1) is 13.5 Å². The molecule has 31 heavy (non-hydrogen) atoms. The Kier molecular flexibility index (Phi) is 9.31. The Morgan fingerprint density at radius 2 is 1.90 bits per heavy atom. The van der Waals surface area contributed by atoms with Crippen LogP contribution in [0.2, 0.25) is 5.02 Å². The summed E-state index contributed by atoms with van der Waals surface area (Å²) in [5, 5.41) is 3.09. The fraction of sp³-hybridized carbons (Fsp3) is 0.417. The number of carbonyl (C=O) groups excluding carboxylic acids is 2. The second-order valence-electron chi connectivity index (χ2n) is 7.81. The molecule has 168 valence electrons. The molecule has 7 heteroatoms. The van der Waals surface area contributed by atoms with Gasteiger partial charge >= 0.3 is 0 Å². The van der Waals surface area contributed by atoms with Gasteiger partial charge in [0.15, 0.2) is 0 Å². The third-order valence-corrected chi connectivity index (χ3v) is 5.30. The van der Waals surface area contributed by atoms with Crippen molar-refractivity contribution in [3.8, 4) is 5.75 Å². The van der Waals surface area contributed by atoms with Gasteiger partial charge in [-0.2, -0.15) is 0 Å². The van der Waals surface area contributed by atoms with E-state index < -0.39 is 11.9 Å². The minimum absolute atomic E-state index is 0.127. The summed E-state index contributed by atoms with van der Waals surface area (Å²) in [4.78, 5) is 27.7. The molecule has 0 aliphatic rings. The molecule has 2 aromatic carbocycles. The van der Waals surface area contributed by atoms with E-state index in [1.54, 1.807) is 19.2 Å². The number of hydrogen-bond acceptors (Lipinski definition) is 3. The molecule has 0 aromatic heterocycles. The highest BCUT2D eigenvalue weighted by molar-refractivity contribution is 6.31. The molecule has 0 bridgehead atoms. The summed E-state index contributed by atoms with van der Waals surface area (Å²) in [5.74, 6) is -0.214. The third-order valence-electron chi connectivity index (χ3n) is 4.95. The smallest absolute Gasteiger partial charge is 0.242 e. The van der Waals surface area contributed by atoms with E-state index >= 15 is 0 Å². The average Bonchev–Trinajstić information content (AvgIpc) is 2.74. The van der Waals surface area contributed by atoms with Crippen LogP contribution >= 0.6 is 11.6 Å². The van der Waals surface area contributed by atoms with Crippen molar-refractivity contribution in [1.29, 1.82) is 0 Å². The van der Waals surface area contributed by atoms with E-state index in [-0.39, 0.29) is 41.3 Å². The molecular weight excluding hydrogens is 419 g/mol. The van der Waals surface area contributed by atoms with Crippen LogP contribution in [-0.2, 0) is 22.6 Å². The Balaban J connectivity index is 2.35. The summed E-state index contributed by atoms with van der Waals surface area (Å²) in [6.45, 7) is 6.55. The zero-order valence-electron chi connectivity index (χ0n) is 18.5. The number of nitrogens with zero attached hydrogens (tertiary/aromatic N) is 1. The summed E-state index contributed by atoms with van der Waals surface area (Å²) in [6.07, 6.45) is 0.189. The summed E-state index contributed by atoms with van der Waals surface area (Å²) in [5.41, 5.74) is 0.935. The van der Waals surface area contributed by atoms with Gasteiger partial charge in [0.2, 0.25) is 11.8 Å². The molecule has 0 aliphatic heterocycles. The predicted octanol–water partition coefficient (Wildman–Crippen LogP) is 4.61. The molecule has 1 atom stereocenters. The molecule has 0 saturated carbocycles. The molecular formula is C24H30ClFN2O3. The quantitative estimate of drug-likeness (QED) is 0.577. The normalized spacial score (nSPS) is 11.8. The lowest BCUT2D eigenvalue weighted by molar-refractivity contribution is -0.141. The molecule has 0 radical (unpaired) electrons. The molecule has 0 saturated heterocycles. The van der Waals surface area contributed by atoms with Crippen molar-refractivity contribution < 1.29 is 18.7 Å². The number of carbonyl (C=O) groups is 2. The van der Waals surface area contributed by atoms with E-state index in [1.807, 2.05) is 39.0 Å². The number of nitrogens with one attached hydrogen (secondary N) is 1. The third kappa shape index (κ3) is 6.96. The number of halogens is 2. The Bertz CT molecular complexity index is 884. The number of hydrogen-bond donors (Lipinski definition) is 1. The van der Waals surface area contributed by atoms with Crippen molar-refractivity contribution in [2.45, 2.75) is 46.2 Å². The minimum atomic E-state index is -0.692. The maximum atomic E-state index is 14.3. The first-order valence-corrected chi connectivity index (χ1v) is 10.8. The minimum Gasteiger partial charge on any atom is -0.497 e. The fourth-order valence-corrected chi connectivity index (χ4v) is 3.49. The van der Waals surface area contributed by atoms with Gasteiger partial charge in [-0.1, -0.05) is 50.6 Å². The molecule has 2 amide bonds. The highest BCUT2D eigenvalue weighted by Crippen LogP contribution is 2.23. The van der Waals surface area contributed by atoms with Gasteiger partial charge in [0.1, 0.15) is 17.6 Å². The number of methoxy groups -OCH3 is 1. The number of amides is 2. The van der Waals surface area contributed by atoms with Crippen LogP contribution in [-0.4, -0.2) is 36.4 Å². The molecule has 2 aromatic rings. The van der Waals surface area contributed by atoms with Gasteiger partial charge in [0.25, 0.3) is 0 Å². The highest BCUT2D eigenvalue weighted by atomic mass is 35.5. The van der Waals surface area contributed by atoms with Crippen LogP contribution in [0.3, 0.4) is 0 Å². The topological polar surface area (TPSA) is 58.6 Å².